The summed E-state index contributed by atoms with van der Waals surface area (Å²) in [7, 11) is 2.26. The molecule has 96 valence electrons. The number of nitrogens with zero attached hydrogens (tertiary/aromatic N) is 1. The van der Waals surface area contributed by atoms with Crippen LogP contribution in [0.4, 0.5) is 0 Å². The molecule has 1 heterocycles. The van der Waals surface area contributed by atoms with Crippen LogP contribution in [-0.2, 0) is 0 Å². The van der Waals surface area contributed by atoms with Crippen LogP contribution in [0.2, 0.25) is 0 Å². The van der Waals surface area contributed by atoms with Gasteiger partial charge in [-0.25, -0.2) is 0 Å². The maximum Gasteiger partial charge on any atom is 0.0444 e. The predicted molar refractivity (Wildman–Crippen MR) is 75.0 cm³/mol. The summed E-state index contributed by atoms with van der Waals surface area (Å²) in [5.74, 6) is 2.09. The Morgan fingerprint density at radius 1 is 1.50 bits per heavy atom. The summed E-state index contributed by atoms with van der Waals surface area (Å²) >= 11 is 2.09. The van der Waals surface area contributed by atoms with Crippen LogP contribution in [0.1, 0.15) is 40.0 Å². The molecule has 0 spiro atoms. The number of thioether (sulfide) groups is 1. The number of hydrogen-bond donors (Lipinski definition) is 1. The molecule has 1 fully saturated rings. The molecule has 0 aromatic rings. The Balaban J connectivity index is 2.62. The molecule has 0 amide bonds. The summed E-state index contributed by atoms with van der Waals surface area (Å²) in [6.45, 7) is 8.92. The van der Waals surface area contributed by atoms with Crippen molar-refractivity contribution in [3.8, 4) is 0 Å². The second-order valence-electron chi connectivity index (χ2n) is 5.53. The smallest absolute Gasteiger partial charge is 0.0444 e. The first kappa shape index (κ1) is 14.3. The lowest BCUT2D eigenvalue weighted by Crippen LogP contribution is -2.59. The molecule has 2 unspecified atom stereocenters. The fraction of sp³-hybridized carbons (Fsp3) is 1.00. The molecule has 0 radical (unpaired) electrons. The third-order valence-corrected chi connectivity index (χ3v) is 5.50. The molecular weight excluding hydrogens is 216 g/mol. The highest BCUT2D eigenvalue weighted by molar-refractivity contribution is 8.00. The third kappa shape index (κ3) is 3.14. The molecule has 2 atom stereocenters. The Morgan fingerprint density at radius 3 is 2.69 bits per heavy atom. The van der Waals surface area contributed by atoms with Crippen LogP contribution >= 0.6 is 11.8 Å². The Kier molecular flexibility index (Phi) is 5.62. The van der Waals surface area contributed by atoms with Crippen LogP contribution in [0.5, 0.6) is 0 Å². The predicted octanol–water partition coefficient (Wildman–Crippen LogP) is 2.58. The van der Waals surface area contributed by atoms with Gasteiger partial charge in [-0.2, -0.15) is 11.8 Å². The van der Waals surface area contributed by atoms with Crippen LogP contribution in [0, 0.1) is 5.92 Å². The van der Waals surface area contributed by atoms with Gasteiger partial charge in [0, 0.05) is 17.3 Å². The summed E-state index contributed by atoms with van der Waals surface area (Å²) in [5, 5.41) is 0.670. The summed E-state index contributed by atoms with van der Waals surface area (Å²) in [4.78, 5) is 2.53. The van der Waals surface area contributed by atoms with Crippen molar-refractivity contribution in [2.24, 2.45) is 11.7 Å². The average molecular weight is 244 g/mol. The second-order valence-corrected chi connectivity index (χ2v) is 6.98. The van der Waals surface area contributed by atoms with Gasteiger partial charge in [0.25, 0.3) is 0 Å². The summed E-state index contributed by atoms with van der Waals surface area (Å²) in [6, 6.07) is 0. The SMILES string of the molecule is CC(C)CCN(C)C1(CN)CCCSC1C. The van der Waals surface area contributed by atoms with Crippen molar-refractivity contribution in [3.05, 3.63) is 0 Å². The quantitative estimate of drug-likeness (QED) is 0.806. The second kappa shape index (κ2) is 6.27. The highest BCUT2D eigenvalue weighted by atomic mass is 32.2. The number of hydrogen-bond acceptors (Lipinski definition) is 3. The molecule has 1 aliphatic rings. The van der Waals surface area contributed by atoms with Crippen LogP contribution < -0.4 is 5.73 Å². The normalized spacial score (nSPS) is 31.3. The lowest BCUT2D eigenvalue weighted by atomic mass is 9.87. The van der Waals surface area contributed by atoms with E-state index in [1.807, 2.05) is 0 Å². The van der Waals surface area contributed by atoms with Crippen molar-refractivity contribution in [2.75, 3.05) is 25.9 Å². The van der Waals surface area contributed by atoms with Crippen molar-refractivity contribution in [3.63, 3.8) is 0 Å². The minimum Gasteiger partial charge on any atom is -0.329 e. The highest BCUT2D eigenvalue weighted by Crippen LogP contribution is 2.37. The summed E-state index contributed by atoms with van der Waals surface area (Å²) in [6.07, 6.45) is 3.86. The van der Waals surface area contributed by atoms with E-state index >= 15 is 0 Å². The molecule has 2 N–H and O–H groups in total. The molecule has 0 aliphatic carbocycles. The Labute approximate surface area is 105 Å². The van der Waals surface area contributed by atoms with Crippen LogP contribution in [0.3, 0.4) is 0 Å². The topological polar surface area (TPSA) is 29.3 Å². The fourth-order valence-electron chi connectivity index (χ4n) is 2.60. The van der Waals surface area contributed by atoms with E-state index in [1.54, 1.807) is 0 Å². The van der Waals surface area contributed by atoms with Gasteiger partial charge in [-0.05, 0) is 44.5 Å². The molecule has 0 aromatic carbocycles. The standard InChI is InChI=1S/C13H28N2S/c1-11(2)6-8-15(4)13(10-14)7-5-9-16-12(13)3/h11-12H,5-10,14H2,1-4H3. The van der Waals surface area contributed by atoms with Crippen molar-refractivity contribution < 1.29 is 0 Å². The summed E-state index contributed by atoms with van der Waals surface area (Å²) < 4.78 is 0. The van der Waals surface area contributed by atoms with E-state index in [1.165, 1.54) is 31.6 Å². The van der Waals surface area contributed by atoms with E-state index in [9.17, 15) is 0 Å². The largest absolute Gasteiger partial charge is 0.329 e. The van der Waals surface area contributed by atoms with Crippen LogP contribution in [0.25, 0.3) is 0 Å². The monoisotopic (exact) mass is 244 g/mol. The highest BCUT2D eigenvalue weighted by Gasteiger charge is 2.40. The third-order valence-electron chi connectivity index (χ3n) is 4.03. The van der Waals surface area contributed by atoms with Crippen molar-refractivity contribution in [2.45, 2.75) is 50.8 Å². The van der Waals surface area contributed by atoms with Gasteiger partial charge in [0.15, 0.2) is 0 Å². The first-order valence-electron chi connectivity index (χ1n) is 6.56. The first-order valence-corrected chi connectivity index (χ1v) is 7.60. The van der Waals surface area contributed by atoms with E-state index in [0.29, 0.717) is 5.25 Å². The van der Waals surface area contributed by atoms with Gasteiger partial charge in [-0.3, -0.25) is 4.90 Å². The molecule has 0 bridgehead atoms. The Morgan fingerprint density at radius 2 is 2.19 bits per heavy atom. The van der Waals surface area contributed by atoms with Gasteiger partial charge in [0.2, 0.25) is 0 Å². The van der Waals surface area contributed by atoms with Gasteiger partial charge in [-0.1, -0.05) is 20.8 Å². The average Bonchev–Trinajstić information content (AvgIpc) is 2.27. The van der Waals surface area contributed by atoms with Gasteiger partial charge in [0.05, 0.1) is 0 Å². The first-order chi connectivity index (χ1) is 7.53. The molecule has 16 heavy (non-hydrogen) atoms. The molecule has 0 aromatic heterocycles. The molecule has 1 aliphatic heterocycles. The Hall–Kier alpha value is 0.270. The van der Waals surface area contributed by atoms with Gasteiger partial charge in [-0.15, -0.1) is 0 Å². The molecular formula is C13H28N2S. The maximum absolute atomic E-state index is 6.08. The zero-order valence-corrected chi connectivity index (χ0v) is 12.1. The molecule has 3 heteroatoms. The molecule has 2 nitrogen and oxygen atoms in total. The number of rotatable bonds is 5. The fourth-order valence-corrected chi connectivity index (χ4v) is 3.97. The summed E-state index contributed by atoms with van der Waals surface area (Å²) in [5.41, 5.74) is 6.33. The number of nitrogens with two attached hydrogens (primary N) is 1. The zero-order valence-electron chi connectivity index (χ0n) is 11.3. The van der Waals surface area contributed by atoms with Crippen LogP contribution in [0.15, 0.2) is 0 Å². The minimum absolute atomic E-state index is 0.248. The van der Waals surface area contributed by atoms with E-state index in [2.05, 4.69) is 44.5 Å². The molecule has 1 rings (SSSR count). The van der Waals surface area contributed by atoms with Crippen molar-refractivity contribution in [1.82, 2.24) is 4.90 Å². The van der Waals surface area contributed by atoms with Gasteiger partial charge in [0.1, 0.15) is 0 Å². The van der Waals surface area contributed by atoms with Gasteiger partial charge >= 0.3 is 0 Å². The minimum atomic E-state index is 0.248. The van der Waals surface area contributed by atoms with E-state index in [4.69, 9.17) is 5.73 Å². The Bertz CT molecular complexity index is 208. The van der Waals surface area contributed by atoms with E-state index in [0.717, 1.165) is 12.5 Å². The molecule has 0 saturated carbocycles. The van der Waals surface area contributed by atoms with E-state index < -0.39 is 0 Å². The van der Waals surface area contributed by atoms with Gasteiger partial charge < -0.3 is 5.73 Å². The number of likely N-dealkylation sites (N-methyl/N-ethyl adjacent to an activating group) is 1. The maximum atomic E-state index is 6.08. The van der Waals surface area contributed by atoms with Crippen molar-refractivity contribution >= 4 is 11.8 Å². The lowest BCUT2D eigenvalue weighted by Gasteiger charge is -2.48. The molecule has 1 saturated heterocycles. The van der Waals surface area contributed by atoms with Crippen molar-refractivity contribution in [1.29, 1.82) is 0 Å². The van der Waals surface area contributed by atoms with E-state index in [-0.39, 0.29) is 5.54 Å². The van der Waals surface area contributed by atoms with Crippen LogP contribution in [-0.4, -0.2) is 41.6 Å². The lowest BCUT2D eigenvalue weighted by molar-refractivity contribution is 0.106. The zero-order chi connectivity index (χ0) is 12.2.